The Kier molecular flexibility index (Phi) is 5.11. The van der Waals surface area contributed by atoms with E-state index in [4.69, 9.17) is 22.6 Å². The molecule has 1 aromatic carbocycles. The normalized spacial score (nSPS) is 10.4. The Morgan fingerprint density at radius 3 is 2.68 bits per heavy atom. The average Bonchev–Trinajstić information content (AvgIpc) is 3.04. The van der Waals surface area contributed by atoms with E-state index >= 15 is 0 Å². The number of carbonyl (C=O) groups is 2. The Morgan fingerprint density at radius 1 is 1.29 bits per heavy atom. The Bertz CT molecular complexity index is 1150. The number of pyridine rings is 1. The van der Waals surface area contributed by atoms with Crippen LogP contribution in [-0.2, 0) is 0 Å². The Labute approximate surface area is 165 Å². The van der Waals surface area contributed by atoms with Crippen LogP contribution in [0.5, 0.6) is 0 Å². The molecule has 0 fully saturated rings. The summed E-state index contributed by atoms with van der Waals surface area (Å²) in [6, 6.07) is 9.73. The minimum Gasteiger partial charge on any atom is -0.366 e. The van der Waals surface area contributed by atoms with E-state index in [1.807, 2.05) is 6.07 Å². The van der Waals surface area contributed by atoms with Gasteiger partial charge in [-0.1, -0.05) is 11.6 Å². The molecule has 140 valence electrons. The van der Waals surface area contributed by atoms with Gasteiger partial charge in [0.25, 0.3) is 11.8 Å². The molecule has 2 amide bonds. The molecule has 0 aliphatic heterocycles. The number of nitrogens with zero attached hydrogens (tertiary/aromatic N) is 4. The highest BCUT2D eigenvalue weighted by molar-refractivity contribution is 6.32. The summed E-state index contributed by atoms with van der Waals surface area (Å²) in [5, 5.41) is 16.4. The first-order valence-electron chi connectivity index (χ1n) is 8.15. The van der Waals surface area contributed by atoms with E-state index in [1.165, 1.54) is 16.9 Å². The van der Waals surface area contributed by atoms with Crippen LogP contribution in [-0.4, -0.2) is 26.6 Å². The predicted octanol–water partition coefficient (Wildman–Crippen LogP) is 2.76. The number of nitriles is 1. The molecular formula is C19H15ClN6O2. The van der Waals surface area contributed by atoms with E-state index in [2.05, 4.69) is 15.4 Å². The summed E-state index contributed by atoms with van der Waals surface area (Å²) in [5.41, 5.74) is 7.25. The molecule has 0 aliphatic rings. The van der Waals surface area contributed by atoms with Crippen LogP contribution < -0.4 is 11.1 Å². The fourth-order valence-electron chi connectivity index (χ4n) is 2.75. The maximum absolute atomic E-state index is 13.0. The van der Waals surface area contributed by atoms with Crippen molar-refractivity contribution >= 4 is 29.1 Å². The van der Waals surface area contributed by atoms with Gasteiger partial charge in [-0.3, -0.25) is 9.59 Å². The molecule has 2 heterocycles. The first-order chi connectivity index (χ1) is 13.3. The van der Waals surface area contributed by atoms with Gasteiger partial charge >= 0.3 is 0 Å². The largest absolute Gasteiger partial charge is 0.366 e. The van der Waals surface area contributed by atoms with Crippen molar-refractivity contribution in [3.05, 3.63) is 69.6 Å². The molecule has 0 bridgehead atoms. The highest BCUT2D eigenvalue weighted by atomic mass is 35.5. The van der Waals surface area contributed by atoms with Crippen LogP contribution in [0.1, 0.15) is 37.7 Å². The Hall–Kier alpha value is -3.70. The fraction of sp³-hybridized carbons (Fsp3) is 0.105. The van der Waals surface area contributed by atoms with Crippen LogP contribution in [0.4, 0.5) is 5.69 Å². The van der Waals surface area contributed by atoms with Crippen LogP contribution in [0.15, 0.2) is 36.5 Å². The van der Waals surface area contributed by atoms with Gasteiger partial charge in [0.15, 0.2) is 5.82 Å². The Balaban J connectivity index is 2.06. The van der Waals surface area contributed by atoms with Gasteiger partial charge in [0.05, 0.1) is 33.6 Å². The zero-order valence-electron chi connectivity index (χ0n) is 15.0. The van der Waals surface area contributed by atoms with Crippen LogP contribution >= 0.6 is 11.6 Å². The maximum atomic E-state index is 13.0. The summed E-state index contributed by atoms with van der Waals surface area (Å²) in [6.07, 6.45) is 1.54. The lowest BCUT2D eigenvalue weighted by Crippen LogP contribution is -2.22. The van der Waals surface area contributed by atoms with E-state index in [-0.39, 0.29) is 22.5 Å². The Morgan fingerprint density at radius 2 is 2.04 bits per heavy atom. The van der Waals surface area contributed by atoms with Gasteiger partial charge in [-0.15, -0.1) is 0 Å². The predicted molar refractivity (Wildman–Crippen MR) is 103 cm³/mol. The number of primary amides is 1. The zero-order valence-corrected chi connectivity index (χ0v) is 15.8. The zero-order chi connectivity index (χ0) is 20.4. The van der Waals surface area contributed by atoms with Crippen LogP contribution in [0.25, 0.3) is 5.82 Å². The number of halogens is 1. The van der Waals surface area contributed by atoms with Gasteiger partial charge in [-0.25, -0.2) is 9.67 Å². The van der Waals surface area contributed by atoms with Crippen molar-refractivity contribution in [3.8, 4) is 11.9 Å². The molecule has 0 spiro atoms. The van der Waals surface area contributed by atoms with Crippen LogP contribution in [0.3, 0.4) is 0 Å². The van der Waals surface area contributed by atoms with E-state index in [0.717, 1.165) is 0 Å². The van der Waals surface area contributed by atoms with Crippen molar-refractivity contribution in [3.63, 3.8) is 0 Å². The first kappa shape index (κ1) is 19.1. The molecule has 3 rings (SSSR count). The molecular weight excluding hydrogens is 380 g/mol. The van der Waals surface area contributed by atoms with Crippen LogP contribution in [0.2, 0.25) is 5.02 Å². The summed E-state index contributed by atoms with van der Waals surface area (Å²) in [6.45, 7) is 3.40. The van der Waals surface area contributed by atoms with Gasteiger partial charge in [-0.2, -0.15) is 10.4 Å². The second-order valence-corrected chi connectivity index (χ2v) is 6.44. The second-order valence-electron chi connectivity index (χ2n) is 6.04. The number of carbonyl (C=O) groups excluding carboxylic acids is 2. The molecule has 28 heavy (non-hydrogen) atoms. The molecule has 3 N–H and O–H groups in total. The molecule has 0 saturated carbocycles. The summed E-state index contributed by atoms with van der Waals surface area (Å²) in [5.74, 6) is -0.986. The molecule has 0 saturated heterocycles. The molecule has 0 unspecified atom stereocenters. The molecule has 2 aromatic heterocycles. The summed E-state index contributed by atoms with van der Waals surface area (Å²) in [4.78, 5) is 28.9. The number of benzene rings is 1. The molecule has 8 nitrogen and oxygen atoms in total. The van der Waals surface area contributed by atoms with E-state index in [9.17, 15) is 9.59 Å². The second kappa shape index (κ2) is 7.50. The minimum atomic E-state index is -0.757. The molecule has 0 aliphatic carbocycles. The lowest BCUT2D eigenvalue weighted by molar-refractivity contribution is 0.100. The molecule has 9 heteroatoms. The maximum Gasteiger partial charge on any atom is 0.274 e. The number of rotatable bonds is 4. The van der Waals surface area contributed by atoms with Gasteiger partial charge in [-0.05, 0) is 49.7 Å². The van der Waals surface area contributed by atoms with Gasteiger partial charge in [0.1, 0.15) is 5.69 Å². The number of aryl methyl sites for hydroxylation is 2. The monoisotopic (exact) mass is 394 g/mol. The number of amides is 2. The van der Waals surface area contributed by atoms with E-state index in [1.54, 1.807) is 38.1 Å². The quantitative estimate of drug-likeness (QED) is 0.703. The van der Waals surface area contributed by atoms with E-state index in [0.29, 0.717) is 22.1 Å². The first-order valence-corrected chi connectivity index (χ1v) is 8.53. The van der Waals surface area contributed by atoms with Crippen molar-refractivity contribution < 1.29 is 9.59 Å². The van der Waals surface area contributed by atoms with Crippen molar-refractivity contribution in [2.24, 2.45) is 5.73 Å². The van der Waals surface area contributed by atoms with E-state index < -0.39 is 11.8 Å². The summed E-state index contributed by atoms with van der Waals surface area (Å²) >= 11 is 6.18. The molecule has 3 aromatic rings. The smallest absolute Gasteiger partial charge is 0.274 e. The number of nitrogens with two attached hydrogens (primary N) is 1. The van der Waals surface area contributed by atoms with Crippen molar-refractivity contribution in [1.29, 1.82) is 5.26 Å². The van der Waals surface area contributed by atoms with Crippen molar-refractivity contribution in [1.82, 2.24) is 14.8 Å². The molecule has 0 radical (unpaired) electrons. The highest BCUT2D eigenvalue weighted by Gasteiger charge is 2.21. The van der Waals surface area contributed by atoms with Crippen molar-refractivity contribution in [2.75, 3.05) is 5.32 Å². The third-order valence-corrected chi connectivity index (χ3v) is 4.27. The third-order valence-electron chi connectivity index (χ3n) is 3.97. The van der Waals surface area contributed by atoms with Crippen LogP contribution in [0, 0.1) is 25.2 Å². The lowest BCUT2D eigenvalue weighted by atomic mass is 10.0. The minimum absolute atomic E-state index is 0.0450. The molecule has 0 atom stereocenters. The summed E-state index contributed by atoms with van der Waals surface area (Å²) in [7, 11) is 0. The number of aromatic nitrogens is 3. The van der Waals surface area contributed by atoms with Gasteiger partial charge < -0.3 is 11.1 Å². The number of hydrogen-bond acceptors (Lipinski definition) is 5. The highest BCUT2D eigenvalue weighted by Crippen LogP contribution is 2.25. The topological polar surface area (TPSA) is 127 Å². The lowest BCUT2D eigenvalue weighted by Gasteiger charge is -2.13. The SMILES string of the molecule is Cc1cc(C(=O)Nc2c(C)cc(C#N)cc2C(N)=O)n(-c2ncccc2Cl)n1. The summed E-state index contributed by atoms with van der Waals surface area (Å²) < 4.78 is 1.33. The standard InChI is InChI=1S/C19H15ClN6O2/c1-10-6-12(9-21)8-13(17(22)27)16(10)24-19(28)15-7-11(2)25-26(15)18-14(20)4-3-5-23-18/h3-8H,1-2H3,(H2,22,27)(H,24,28). The number of anilines is 1. The average molecular weight is 395 g/mol. The number of nitrogens with one attached hydrogen (secondary N) is 1. The van der Waals surface area contributed by atoms with Gasteiger partial charge in [0.2, 0.25) is 0 Å². The third kappa shape index (κ3) is 3.56. The van der Waals surface area contributed by atoms with Crippen molar-refractivity contribution in [2.45, 2.75) is 13.8 Å². The van der Waals surface area contributed by atoms with Gasteiger partial charge in [0, 0.05) is 6.20 Å². The fourth-order valence-corrected chi connectivity index (χ4v) is 2.95. The number of hydrogen-bond donors (Lipinski definition) is 2.